The Hall–Kier alpha value is -1.88. The van der Waals surface area contributed by atoms with Crippen LogP contribution in [0.4, 0.5) is 0 Å². The molecule has 0 radical (unpaired) electrons. The summed E-state index contributed by atoms with van der Waals surface area (Å²) in [5, 5.41) is 11.8. The summed E-state index contributed by atoms with van der Waals surface area (Å²) in [5.41, 5.74) is 0.877. The maximum absolute atomic E-state index is 11.9. The fourth-order valence-electron chi connectivity index (χ4n) is 2.40. The average Bonchev–Trinajstić information content (AvgIpc) is 2.46. The molecule has 128 valence electrons. The van der Waals surface area contributed by atoms with Crippen LogP contribution in [0.15, 0.2) is 30.3 Å². The molecule has 1 unspecified atom stereocenters. The van der Waals surface area contributed by atoms with E-state index in [0.29, 0.717) is 12.5 Å². The van der Waals surface area contributed by atoms with Crippen molar-refractivity contribution < 1.29 is 19.4 Å². The van der Waals surface area contributed by atoms with E-state index in [1.807, 2.05) is 37.3 Å². The number of ether oxygens (including phenoxy) is 1. The standard InChI is InChI=1S/C18H27NO4/c1-13(2)11-14(3)23-10-9-17(20)19-16(18(21)22)12-15-7-5-4-6-8-15/h4-8,13-14,16H,9-12H2,1-3H3,(H,19,20)(H,21,22)/t14?,16-/m0/s1. The molecular formula is C18H27NO4. The van der Waals surface area contributed by atoms with Crippen molar-refractivity contribution in [2.45, 2.75) is 52.2 Å². The number of hydrogen-bond donors (Lipinski definition) is 2. The summed E-state index contributed by atoms with van der Waals surface area (Å²) in [7, 11) is 0. The van der Waals surface area contributed by atoms with E-state index in [0.717, 1.165) is 12.0 Å². The lowest BCUT2D eigenvalue weighted by molar-refractivity contribution is -0.142. The highest BCUT2D eigenvalue weighted by Gasteiger charge is 2.20. The van der Waals surface area contributed by atoms with E-state index >= 15 is 0 Å². The number of nitrogens with one attached hydrogen (secondary N) is 1. The van der Waals surface area contributed by atoms with Crippen LogP contribution < -0.4 is 5.32 Å². The first-order chi connectivity index (χ1) is 10.9. The van der Waals surface area contributed by atoms with Crippen LogP contribution in [0.3, 0.4) is 0 Å². The van der Waals surface area contributed by atoms with Crippen LogP contribution in [-0.2, 0) is 20.7 Å². The van der Waals surface area contributed by atoms with Crippen LogP contribution in [0.25, 0.3) is 0 Å². The third-order valence-electron chi connectivity index (χ3n) is 3.45. The summed E-state index contributed by atoms with van der Waals surface area (Å²) in [6.45, 7) is 6.52. The lowest BCUT2D eigenvalue weighted by Gasteiger charge is -2.17. The van der Waals surface area contributed by atoms with E-state index in [1.54, 1.807) is 0 Å². The molecule has 5 nitrogen and oxygen atoms in total. The van der Waals surface area contributed by atoms with E-state index in [2.05, 4.69) is 19.2 Å². The highest BCUT2D eigenvalue weighted by molar-refractivity contribution is 5.83. The van der Waals surface area contributed by atoms with Gasteiger partial charge in [-0.1, -0.05) is 44.2 Å². The third-order valence-corrected chi connectivity index (χ3v) is 3.45. The summed E-state index contributed by atoms with van der Waals surface area (Å²) >= 11 is 0. The third kappa shape index (κ3) is 8.35. The Kier molecular flexibility index (Phi) is 8.33. The van der Waals surface area contributed by atoms with E-state index in [1.165, 1.54) is 0 Å². The first-order valence-corrected chi connectivity index (χ1v) is 8.06. The molecule has 0 heterocycles. The Balaban J connectivity index is 2.38. The van der Waals surface area contributed by atoms with Gasteiger partial charge in [0.1, 0.15) is 6.04 Å². The van der Waals surface area contributed by atoms with E-state index in [4.69, 9.17) is 4.74 Å². The molecule has 5 heteroatoms. The van der Waals surface area contributed by atoms with Gasteiger partial charge in [0.15, 0.2) is 0 Å². The molecule has 1 aromatic carbocycles. The molecule has 0 aliphatic rings. The van der Waals surface area contributed by atoms with Crippen molar-refractivity contribution in [2.24, 2.45) is 5.92 Å². The van der Waals surface area contributed by atoms with Crippen LogP contribution >= 0.6 is 0 Å². The molecule has 0 aliphatic heterocycles. The molecule has 23 heavy (non-hydrogen) atoms. The molecule has 2 atom stereocenters. The molecule has 1 amide bonds. The second kappa shape index (κ2) is 10.0. The molecule has 1 aromatic rings. The van der Waals surface area contributed by atoms with Crippen LogP contribution in [-0.4, -0.2) is 35.7 Å². The SMILES string of the molecule is CC(C)CC(C)OCCC(=O)N[C@@H](Cc1ccccc1)C(=O)O. The van der Waals surface area contributed by atoms with Crippen molar-refractivity contribution >= 4 is 11.9 Å². The number of carboxylic acid groups (broad SMARTS) is 1. The van der Waals surface area contributed by atoms with Gasteiger partial charge in [-0.25, -0.2) is 4.79 Å². The van der Waals surface area contributed by atoms with Crippen molar-refractivity contribution in [3.8, 4) is 0 Å². The highest BCUT2D eigenvalue weighted by atomic mass is 16.5. The smallest absolute Gasteiger partial charge is 0.326 e. The quantitative estimate of drug-likeness (QED) is 0.694. The number of carbonyl (C=O) groups is 2. The fourth-order valence-corrected chi connectivity index (χ4v) is 2.40. The molecule has 0 saturated heterocycles. The summed E-state index contributed by atoms with van der Waals surface area (Å²) in [6, 6.07) is 8.34. The van der Waals surface area contributed by atoms with Crippen LogP contribution in [0.2, 0.25) is 0 Å². The first-order valence-electron chi connectivity index (χ1n) is 8.06. The average molecular weight is 321 g/mol. The van der Waals surface area contributed by atoms with Gasteiger partial charge in [-0.05, 0) is 24.8 Å². The predicted octanol–water partition coefficient (Wildman–Crippen LogP) is 2.64. The van der Waals surface area contributed by atoms with Crippen molar-refractivity contribution in [1.82, 2.24) is 5.32 Å². The summed E-state index contributed by atoms with van der Waals surface area (Å²) < 4.78 is 5.58. The van der Waals surface area contributed by atoms with E-state index in [9.17, 15) is 14.7 Å². The molecule has 1 rings (SSSR count). The lowest BCUT2D eigenvalue weighted by atomic mass is 10.1. The van der Waals surface area contributed by atoms with Crippen LogP contribution in [0.5, 0.6) is 0 Å². The van der Waals surface area contributed by atoms with Gasteiger partial charge in [-0.2, -0.15) is 0 Å². The van der Waals surface area contributed by atoms with Gasteiger partial charge >= 0.3 is 5.97 Å². The maximum atomic E-state index is 11.9. The summed E-state index contributed by atoms with van der Waals surface area (Å²) in [4.78, 5) is 23.2. The van der Waals surface area contributed by atoms with Gasteiger partial charge in [0.25, 0.3) is 0 Å². The molecule has 0 saturated carbocycles. The van der Waals surface area contributed by atoms with Gasteiger partial charge in [0, 0.05) is 12.8 Å². The maximum Gasteiger partial charge on any atom is 0.326 e. The minimum atomic E-state index is -1.03. The Morgan fingerprint density at radius 2 is 1.83 bits per heavy atom. The van der Waals surface area contributed by atoms with Gasteiger partial charge in [-0.15, -0.1) is 0 Å². The van der Waals surface area contributed by atoms with Crippen molar-refractivity contribution in [2.75, 3.05) is 6.61 Å². The Morgan fingerprint density at radius 1 is 1.17 bits per heavy atom. The molecule has 0 aromatic heterocycles. The first kappa shape index (κ1) is 19.2. The van der Waals surface area contributed by atoms with E-state index in [-0.39, 0.29) is 24.9 Å². The Morgan fingerprint density at radius 3 is 2.39 bits per heavy atom. The van der Waals surface area contributed by atoms with Gasteiger partial charge in [0.05, 0.1) is 12.7 Å². The van der Waals surface area contributed by atoms with E-state index < -0.39 is 12.0 Å². The van der Waals surface area contributed by atoms with Gasteiger partial charge < -0.3 is 15.2 Å². The number of rotatable bonds is 10. The Bertz CT molecular complexity index is 487. The minimum Gasteiger partial charge on any atom is -0.480 e. The summed E-state index contributed by atoms with van der Waals surface area (Å²) in [6.07, 6.45) is 1.48. The molecule has 0 bridgehead atoms. The monoisotopic (exact) mass is 321 g/mol. The number of carbonyl (C=O) groups excluding carboxylic acids is 1. The number of benzene rings is 1. The zero-order chi connectivity index (χ0) is 17.2. The van der Waals surface area contributed by atoms with Crippen molar-refractivity contribution in [1.29, 1.82) is 0 Å². The number of hydrogen-bond acceptors (Lipinski definition) is 3. The van der Waals surface area contributed by atoms with Crippen LogP contribution in [0.1, 0.15) is 39.2 Å². The number of amides is 1. The van der Waals surface area contributed by atoms with Crippen molar-refractivity contribution in [3.05, 3.63) is 35.9 Å². The molecule has 0 aliphatic carbocycles. The van der Waals surface area contributed by atoms with Crippen LogP contribution in [0, 0.1) is 5.92 Å². The topological polar surface area (TPSA) is 75.6 Å². The number of aliphatic carboxylic acids is 1. The fraction of sp³-hybridized carbons (Fsp3) is 0.556. The Labute approximate surface area is 138 Å². The molecule has 0 spiro atoms. The summed E-state index contributed by atoms with van der Waals surface area (Å²) in [5.74, 6) is -0.789. The molecule has 2 N–H and O–H groups in total. The number of carboxylic acids is 1. The second-order valence-electron chi connectivity index (χ2n) is 6.21. The highest BCUT2D eigenvalue weighted by Crippen LogP contribution is 2.08. The zero-order valence-corrected chi connectivity index (χ0v) is 14.1. The largest absolute Gasteiger partial charge is 0.480 e. The van der Waals surface area contributed by atoms with Gasteiger partial charge in [0.2, 0.25) is 5.91 Å². The predicted molar refractivity (Wildman–Crippen MR) is 89.2 cm³/mol. The van der Waals surface area contributed by atoms with Crippen molar-refractivity contribution in [3.63, 3.8) is 0 Å². The minimum absolute atomic E-state index is 0.0994. The normalized spacial score (nSPS) is 13.6. The second-order valence-corrected chi connectivity index (χ2v) is 6.21. The molecule has 0 fully saturated rings. The van der Waals surface area contributed by atoms with Gasteiger partial charge in [-0.3, -0.25) is 4.79 Å². The molecular weight excluding hydrogens is 294 g/mol. The lowest BCUT2D eigenvalue weighted by Crippen LogP contribution is -2.42. The zero-order valence-electron chi connectivity index (χ0n) is 14.1.